The van der Waals surface area contributed by atoms with Crippen molar-refractivity contribution in [2.45, 2.75) is 0 Å². The van der Waals surface area contributed by atoms with E-state index in [2.05, 4.69) is 6.07 Å². The van der Waals surface area contributed by atoms with Crippen molar-refractivity contribution in [2.24, 2.45) is 0 Å². The summed E-state index contributed by atoms with van der Waals surface area (Å²) >= 11 is 0. The largest absolute Gasteiger partial charge is 2.00 e. The second-order valence-electron chi connectivity index (χ2n) is 1.08. The van der Waals surface area contributed by atoms with Gasteiger partial charge in [-0.2, -0.15) is 36.4 Å². The summed E-state index contributed by atoms with van der Waals surface area (Å²) in [5, 5.41) is 0. The van der Waals surface area contributed by atoms with Crippen molar-refractivity contribution in [1.29, 1.82) is 0 Å². The van der Waals surface area contributed by atoms with Crippen LogP contribution in [0.4, 0.5) is 0 Å². The Hall–Kier alpha value is 0.770. The van der Waals surface area contributed by atoms with Crippen LogP contribution in [0.15, 0.2) is 30.3 Å². The van der Waals surface area contributed by atoms with Gasteiger partial charge < -0.3 is 12.4 Å². The minimum atomic E-state index is 0. The van der Waals surface area contributed by atoms with Gasteiger partial charge in [0.15, 0.2) is 0 Å². The molecule has 0 aliphatic rings. The molecular weight excluding hydrogens is 148 g/mol. The average Bonchev–Trinajstić information content (AvgIpc) is 1.72. The van der Waals surface area contributed by atoms with Gasteiger partial charge in [-0.3, -0.25) is 0 Å². The monoisotopic (exact) mass is 152 g/mol. The fourth-order valence-electron chi connectivity index (χ4n) is 0.342. The number of benzene rings is 1. The molecule has 0 aliphatic carbocycles. The number of hydrogen-bond acceptors (Lipinski definition) is 0. The van der Waals surface area contributed by atoms with Crippen molar-refractivity contribution < 1.29 is 12.4 Å². The van der Waals surface area contributed by atoms with E-state index in [0.717, 1.165) is 0 Å². The Kier molecular flexibility index (Phi) is 11.2. The molecule has 2 heteroatoms. The van der Waals surface area contributed by atoms with Gasteiger partial charge in [0.25, 0.3) is 0 Å². The number of halogens is 1. The first kappa shape index (κ1) is 11.6. The zero-order valence-corrected chi connectivity index (χ0v) is 7.44. The van der Waals surface area contributed by atoms with Gasteiger partial charge in [0, 0.05) is 0 Å². The van der Waals surface area contributed by atoms with Crippen LogP contribution in [-0.4, -0.2) is 37.7 Å². The van der Waals surface area contributed by atoms with Gasteiger partial charge in [-0.25, -0.2) is 0 Å². The molecule has 0 heterocycles. The predicted molar refractivity (Wildman–Crippen MR) is 31.0 cm³/mol. The molecule has 1 aromatic carbocycles. The summed E-state index contributed by atoms with van der Waals surface area (Å²) in [5.41, 5.74) is 0. The molecule has 0 spiro atoms. The Balaban J connectivity index is 0. The summed E-state index contributed by atoms with van der Waals surface area (Å²) in [7, 11) is 0. The fraction of sp³-hybridized carbons (Fsp3) is 0. The quantitative estimate of drug-likeness (QED) is 0.301. The summed E-state index contributed by atoms with van der Waals surface area (Å²) < 4.78 is 0. The van der Waals surface area contributed by atoms with Gasteiger partial charge in [0.2, 0.25) is 0 Å². The third-order valence-electron chi connectivity index (χ3n) is 0.607. The van der Waals surface area contributed by atoms with Crippen LogP contribution in [-0.2, 0) is 0 Å². The molecule has 38 valence electrons. The fourth-order valence-corrected chi connectivity index (χ4v) is 0.342. The smallest absolute Gasteiger partial charge is 1.00 e. The molecule has 1 rings (SSSR count). The van der Waals surface area contributed by atoms with Gasteiger partial charge in [-0.05, 0) is 0 Å². The third kappa shape index (κ3) is 4.92. The Bertz CT molecular complexity index is 80.5. The molecule has 0 nitrogen and oxygen atoms in total. The summed E-state index contributed by atoms with van der Waals surface area (Å²) in [6.07, 6.45) is 0. The van der Waals surface area contributed by atoms with E-state index in [0.29, 0.717) is 0 Å². The zero-order valence-electron chi connectivity index (χ0n) is 4.47. The minimum Gasteiger partial charge on any atom is -1.00 e. The standard InChI is InChI=1S/C6H5.Ca.ClH/c1-2-4-6-5-3-1;;/h1-5H;;1H/q-1;+2;/p-1. The van der Waals surface area contributed by atoms with Crippen LogP contribution in [0.3, 0.4) is 0 Å². The second-order valence-corrected chi connectivity index (χ2v) is 1.08. The van der Waals surface area contributed by atoms with Gasteiger partial charge in [0.05, 0.1) is 0 Å². The molecule has 0 unspecified atom stereocenters. The van der Waals surface area contributed by atoms with Crippen LogP contribution in [0.25, 0.3) is 0 Å². The first-order valence-electron chi connectivity index (χ1n) is 1.91. The summed E-state index contributed by atoms with van der Waals surface area (Å²) in [5.74, 6) is 0. The van der Waals surface area contributed by atoms with Gasteiger partial charge in [0.1, 0.15) is 0 Å². The Morgan fingerprint density at radius 2 is 1.38 bits per heavy atom. The van der Waals surface area contributed by atoms with Crippen LogP contribution in [0.1, 0.15) is 0 Å². The van der Waals surface area contributed by atoms with Crippen LogP contribution in [0, 0.1) is 6.07 Å². The molecule has 1 aromatic rings. The Labute approximate surface area is 85.7 Å². The van der Waals surface area contributed by atoms with Crippen molar-refractivity contribution in [3.63, 3.8) is 0 Å². The van der Waals surface area contributed by atoms with E-state index in [1.165, 1.54) is 0 Å². The zero-order chi connectivity index (χ0) is 4.24. The minimum absolute atomic E-state index is 0. The summed E-state index contributed by atoms with van der Waals surface area (Å²) in [6.45, 7) is 0. The van der Waals surface area contributed by atoms with E-state index < -0.39 is 0 Å². The van der Waals surface area contributed by atoms with Crippen molar-refractivity contribution in [3.05, 3.63) is 36.4 Å². The van der Waals surface area contributed by atoms with Crippen LogP contribution < -0.4 is 12.4 Å². The van der Waals surface area contributed by atoms with Gasteiger partial charge >= 0.3 is 37.7 Å². The second kappa shape index (κ2) is 7.77. The van der Waals surface area contributed by atoms with Crippen molar-refractivity contribution in [3.8, 4) is 0 Å². The molecule has 0 saturated carbocycles. The Morgan fingerprint density at radius 3 is 1.50 bits per heavy atom. The SMILES string of the molecule is [Ca+2].[Cl-].[c-]1ccccc1. The van der Waals surface area contributed by atoms with E-state index in [-0.39, 0.29) is 50.1 Å². The Morgan fingerprint density at radius 1 is 0.875 bits per heavy atom. The molecule has 8 heavy (non-hydrogen) atoms. The van der Waals surface area contributed by atoms with E-state index in [9.17, 15) is 0 Å². The molecule has 0 aromatic heterocycles. The normalized spacial score (nSPS) is 6.00. The molecule has 0 N–H and O–H groups in total. The summed E-state index contributed by atoms with van der Waals surface area (Å²) in [6, 6.07) is 12.5. The number of rotatable bonds is 0. The van der Waals surface area contributed by atoms with E-state index in [1.807, 2.05) is 30.3 Å². The first-order chi connectivity index (χ1) is 3.00. The molecule has 0 radical (unpaired) electrons. The van der Waals surface area contributed by atoms with Crippen molar-refractivity contribution >= 4 is 37.7 Å². The molecule has 0 aliphatic heterocycles. The van der Waals surface area contributed by atoms with Crippen LogP contribution in [0.2, 0.25) is 0 Å². The maximum atomic E-state index is 2.89. The van der Waals surface area contributed by atoms with Crippen LogP contribution in [0.5, 0.6) is 0 Å². The van der Waals surface area contributed by atoms with Crippen molar-refractivity contribution in [1.82, 2.24) is 0 Å². The average molecular weight is 153 g/mol. The van der Waals surface area contributed by atoms with Crippen LogP contribution >= 0.6 is 0 Å². The maximum Gasteiger partial charge on any atom is 2.00 e. The molecule has 0 bridgehead atoms. The maximum absolute atomic E-state index is 2.89. The molecule has 0 amide bonds. The number of hydrogen-bond donors (Lipinski definition) is 0. The third-order valence-corrected chi connectivity index (χ3v) is 0.607. The van der Waals surface area contributed by atoms with E-state index in [4.69, 9.17) is 0 Å². The molecule has 0 fully saturated rings. The first-order valence-corrected chi connectivity index (χ1v) is 1.91. The van der Waals surface area contributed by atoms with E-state index in [1.54, 1.807) is 0 Å². The summed E-state index contributed by atoms with van der Waals surface area (Å²) in [4.78, 5) is 0. The molecule has 0 saturated heterocycles. The molecular formula is C6H5CaCl. The van der Waals surface area contributed by atoms with Crippen molar-refractivity contribution in [2.75, 3.05) is 0 Å². The topological polar surface area (TPSA) is 0 Å². The molecule has 0 atom stereocenters. The van der Waals surface area contributed by atoms with E-state index >= 15 is 0 Å². The van der Waals surface area contributed by atoms with Gasteiger partial charge in [-0.15, -0.1) is 0 Å². The predicted octanol–water partition coefficient (Wildman–Crippen LogP) is -1.89. The van der Waals surface area contributed by atoms with Gasteiger partial charge in [-0.1, -0.05) is 0 Å².